The van der Waals surface area contributed by atoms with Crippen molar-refractivity contribution in [1.82, 2.24) is 4.90 Å². The predicted molar refractivity (Wildman–Crippen MR) is 136 cm³/mol. The lowest BCUT2D eigenvalue weighted by molar-refractivity contribution is -0.114. The molecule has 6 heteroatoms. The summed E-state index contributed by atoms with van der Waals surface area (Å²) in [5, 5.41) is 18.1. The van der Waals surface area contributed by atoms with Crippen molar-refractivity contribution in [2.24, 2.45) is 11.8 Å². The first-order valence-electron chi connectivity index (χ1n) is 13.4. The summed E-state index contributed by atoms with van der Waals surface area (Å²) in [6, 6.07) is 10.8. The number of nitrogens with one attached hydrogen (secondary N) is 2. The van der Waals surface area contributed by atoms with Crippen LogP contribution in [0.15, 0.2) is 30.3 Å². The molecule has 7 rings (SSSR count). The van der Waals surface area contributed by atoms with Gasteiger partial charge < -0.3 is 20.5 Å². The molecule has 0 aromatic heterocycles. The quantitative estimate of drug-likeness (QED) is 0.526. The van der Waals surface area contributed by atoms with E-state index in [9.17, 15) is 9.90 Å². The van der Waals surface area contributed by atoms with Gasteiger partial charge in [0.05, 0.1) is 5.69 Å². The van der Waals surface area contributed by atoms with E-state index in [-0.39, 0.29) is 23.2 Å². The number of phenolic OH excluding ortho intramolecular Hbond substituents is 1. The molecule has 2 saturated carbocycles. The molecule has 2 bridgehead atoms. The maximum Gasteiger partial charge on any atom is 0.221 e. The number of carbonyl (C=O) groups is 1. The van der Waals surface area contributed by atoms with Gasteiger partial charge in [-0.3, -0.25) is 9.69 Å². The molecule has 2 aromatic rings. The highest BCUT2D eigenvalue weighted by molar-refractivity contribution is 5.98. The number of anilines is 2. The smallest absolute Gasteiger partial charge is 0.221 e. The van der Waals surface area contributed by atoms with Crippen molar-refractivity contribution >= 4 is 17.3 Å². The zero-order chi connectivity index (χ0) is 23.7. The Morgan fingerprint density at radius 2 is 2.00 bits per heavy atom. The molecule has 1 saturated heterocycles. The average Bonchev–Trinajstić information content (AvgIpc) is 3.61. The highest BCUT2D eigenvalue weighted by Gasteiger charge is 2.64. The molecule has 6 nitrogen and oxygen atoms in total. The monoisotopic (exact) mass is 473 g/mol. The van der Waals surface area contributed by atoms with Crippen molar-refractivity contribution in [2.45, 2.75) is 76.0 Å². The molecule has 2 heterocycles. The third-order valence-electron chi connectivity index (χ3n) is 9.44. The van der Waals surface area contributed by atoms with Crippen LogP contribution in [0.2, 0.25) is 0 Å². The van der Waals surface area contributed by atoms with Gasteiger partial charge >= 0.3 is 0 Å². The zero-order valence-electron chi connectivity index (χ0n) is 20.5. The van der Waals surface area contributed by atoms with Crippen molar-refractivity contribution in [3.05, 3.63) is 47.0 Å². The summed E-state index contributed by atoms with van der Waals surface area (Å²) in [5.41, 5.74) is 5.01. The fourth-order valence-electron chi connectivity index (χ4n) is 7.88. The number of nitrogens with zero attached hydrogens (tertiary/aromatic N) is 1. The SMILES string of the molecule is CC(=O)Nc1c(O)c2c3c(c1NCc1ccccc1)C[C@@H]1[C@@H]4CCC[C@H](O2)[C@]34CCN1CC1CC1. The lowest BCUT2D eigenvalue weighted by atomic mass is 9.51. The van der Waals surface area contributed by atoms with Crippen LogP contribution >= 0.6 is 0 Å². The maximum absolute atomic E-state index is 12.2. The van der Waals surface area contributed by atoms with E-state index < -0.39 is 0 Å². The van der Waals surface area contributed by atoms with Crippen LogP contribution in [-0.2, 0) is 23.2 Å². The van der Waals surface area contributed by atoms with E-state index >= 15 is 0 Å². The normalized spacial score (nSPS) is 30.4. The summed E-state index contributed by atoms with van der Waals surface area (Å²) >= 11 is 0. The number of hydrogen-bond acceptors (Lipinski definition) is 5. The van der Waals surface area contributed by atoms with Crippen molar-refractivity contribution in [2.75, 3.05) is 23.7 Å². The molecule has 0 unspecified atom stereocenters. The number of benzene rings is 2. The summed E-state index contributed by atoms with van der Waals surface area (Å²) in [5.74, 6) is 1.99. The Kier molecular flexibility index (Phi) is 4.86. The van der Waals surface area contributed by atoms with Crippen LogP contribution in [0.1, 0.15) is 62.1 Å². The van der Waals surface area contributed by atoms with E-state index in [1.807, 2.05) is 18.2 Å². The van der Waals surface area contributed by atoms with Gasteiger partial charge in [0.2, 0.25) is 5.91 Å². The third-order valence-corrected chi connectivity index (χ3v) is 9.44. The van der Waals surface area contributed by atoms with Gasteiger partial charge in [-0.25, -0.2) is 0 Å². The van der Waals surface area contributed by atoms with Crippen LogP contribution in [0.3, 0.4) is 0 Å². The van der Waals surface area contributed by atoms with Gasteiger partial charge in [0, 0.05) is 37.0 Å². The summed E-state index contributed by atoms with van der Waals surface area (Å²) < 4.78 is 6.63. The number of carbonyl (C=O) groups excluding carboxylic acids is 1. The van der Waals surface area contributed by atoms with Gasteiger partial charge in [-0.05, 0) is 74.5 Å². The van der Waals surface area contributed by atoms with Crippen LogP contribution < -0.4 is 15.4 Å². The molecular weight excluding hydrogens is 438 g/mol. The number of ether oxygens (including phenoxy) is 1. The van der Waals surface area contributed by atoms with Crippen molar-refractivity contribution in [1.29, 1.82) is 0 Å². The number of phenols is 1. The van der Waals surface area contributed by atoms with E-state index in [1.54, 1.807) is 0 Å². The van der Waals surface area contributed by atoms with E-state index in [0.29, 0.717) is 29.9 Å². The van der Waals surface area contributed by atoms with E-state index in [2.05, 4.69) is 27.7 Å². The number of aromatic hydroxyl groups is 1. The fraction of sp³-hybridized carbons (Fsp3) is 0.552. The van der Waals surface area contributed by atoms with Crippen LogP contribution in [0.4, 0.5) is 11.4 Å². The number of rotatable bonds is 6. The molecule has 35 heavy (non-hydrogen) atoms. The molecule has 4 atom stereocenters. The zero-order valence-corrected chi connectivity index (χ0v) is 20.5. The average molecular weight is 474 g/mol. The molecule has 3 fully saturated rings. The molecule has 184 valence electrons. The molecule has 3 aliphatic carbocycles. The van der Waals surface area contributed by atoms with Gasteiger partial charge in [0.15, 0.2) is 11.5 Å². The number of piperidine rings is 1. The first-order chi connectivity index (χ1) is 17.1. The molecule has 1 spiro atoms. The second-order valence-electron chi connectivity index (χ2n) is 11.4. The number of likely N-dealkylation sites (tertiary alicyclic amines) is 1. The first-order valence-corrected chi connectivity index (χ1v) is 13.4. The lowest BCUT2D eigenvalue weighted by Gasteiger charge is -2.58. The minimum atomic E-state index is -0.187. The molecule has 1 amide bonds. The lowest BCUT2D eigenvalue weighted by Crippen LogP contribution is -2.64. The van der Waals surface area contributed by atoms with Crippen molar-refractivity contribution in [3.8, 4) is 11.5 Å². The van der Waals surface area contributed by atoms with Crippen LogP contribution in [0.25, 0.3) is 0 Å². The van der Waals surface area contributed by atoms with Crippen LogP contribution in [-0.4, -0.2) is 41.1 Å². The highest BCUT2D eigenvalue weighted by Crippen LogP contribution is 2.66. The fourth-order valence-corrected chi connectivity index (χ4v) is 7.88. The summed E-state index contributed by atoms with van der Waals surface area (Å²) in [6.45, 7) is 4.47. The Morgan fingerprint density at radius 1 is 1.17 bits per heavy atom. The second kappa shape index (κ2) is 7.89. The minimum Gasteiger partial charge on any atom is -0.503 e. The standard InChI is InChI=1S/C29H35N3O3/c1-17(33)31-26-25(30-15-18-6-3-2-4-7-18)20-14-22-21-8-5-9-23-29(21,24(20)28(35-23)27(26)34)12-13-32(22)16-19-10-11-19/h2-4,6-7,19,21-23,30,34H,5,8-16H2,1H3,(H,31,33)/t21-,22+,23-,29+/m0/s1. The number of hydrogen-bond donors (Lipinski definition) is 3. The van der Waals surface area contributed by atoms with Gasteiger partial charge in [-0.2, -0.15) is 0 Å². The Bertz CT molecular complexity index is 1180. The summed E-state index contributed by atoms with van der Waals surface area (Å²) in [6.07, 6.45) is 8.39. The molecule has 2 aliphatic heterocycles. The first kappa shape index (κ1) is 21.5. The molecule has 2 aromatic carbocycles. The predicted octanol–water partition coefficient (Wildman–Crippen LogP) is 4.80. The molecule has 3 N–H and O–H groups in total. The van der Waals surface area contributed by atoms with Crippen LogP contribution in [0.5, 0.6) is 11.5 Å². The Morgan fingerprint density at radius 3 is 2.77 bits per heavy atom. The summed E-state index contributed by atoms with van der Waals surface area (Å²) in [7, 11) is 0. The van der Waals surface area contributed by atoms with Gasteiger partial charge in [-0.1, -0.05) is 30.3 Å². The van der Waals surface area contributed by atoms with Crippen molar-refractivity contribution < 1.29 is 14.6 Å². The molecule has 0 radical (unpaired) electrons. The maximum atomic E-state index is 12.2. The van der Waals surface area contributed by atoms with E-state index in [4.69, 9.17) is 4.74 Å². The van der Waals surface area contributed by atoms with Crippen molar-refractivity contribution in [3.63, 3.8) is 0 Å². The Labute approximate surface area is 207 Å². The van der Waals surface area contributed by atoms with Gasteiger partial charge in [0.25, 0.3) is 0 Å². The second-order valence-corrected chi connectivity index (χ2v) is 11.4. The largest absolute Gasteiger partial charge is 0.503 e. The van der Waals surface area contributed by atoms with Gasteiger partial charge in [0.1, 0.15) is 11.8 Å². The highest BCUT2D eigenvalue weighted by atomic mass is 16.5. The minimum absolute atomic E-state index is 0.0126. The molecular formula is C29H35N3O3. The van der Waals surface area contributed by atoms with E-state index in [0.717, 1.165) is 37.4 Å². The Balaban J connectivity index is 1.38. The third kappa shape index (κ3) is 3.22. The number of amides is 1. The topological polar surface area (TPSA) is 73.8 Å². The Hall–Kier alpha value is -2.73. The molecule has 5 aliphatic rings. The van der Waals surface area contributed by atoms with E-state index in [1.165, 1.54) is 55.8 Å². The summed E-state index contributed by atoms with van der Waals surface area (Å²) in [4.78, 5) is 15.0. The van der Waals surface area contributed by atoms with Crippen LogP contribution in [0, 0.1) is 11.8 Å². The van der Waals surface area contributed by atoms with Gasteiger partial charge in [-0.15, -0.1) is 0 Å².